The maximum atomic E-state index is 12.8. The van der Waals surface area contributed by atoms with Gasteiger partial charge in [-0.1, -0.05) is 12.1 Å². The number of carboxylic acid groups (broad SMARTS) is 1. The summed E-state index contributed by atoms with van der Waals surface area (Å²) in [5.74, 6) is -0.216. The second kappa shape index (κ2) is 7.67. The molecule has 1 N–H and O–H groups in total. The number of aromatic carboxylic acids is 1. The molecule has 0 spiro atoms. The SMILES string of the molecule is CC1=NN(c2ccc(I)cc2)C(=O)/C1=C\c1ccc(-c2cccc(C(=O)O)c2)o1. The standard InChI is InChI=1S/C22H15IN2O4/c1-13-19(21(26)25(24-13)17-7-5-16(23)6-8-17)12-18-9-10-20(29-18)14-3-2-4-15(11-14)22(27)28/h2-12H,1H3,(H,27,28)/b19-12-. The first-order valence-corrected chi connectivity index (χ1v) is 9.81. The monoisotopic (exact) mass is 498 g/mol. The van der Waals surface area contributed by atoms with Crippen LogP contribution in [0.2, 0.25) is 0 Å². The average molecular weight is 498 g/mol. The van der Waals surface area contributed by atoms with Gasteiger partial charge in [0.2, 0.25) is 0 Å². The van der Waals surface area contributed by atoms with Gasteiger partial charge in [0.15, 0.2) is 0 Å². The molecule has 0 saturated carbocycles. The van der Waals surface area contributed by atoms with E-state index in [1.165, 1.54) is 11.1 Å². The number of nitrogens with zero attached hydrogens (tertiary/aromatic N) is 2. The molecule has 7 heteroatoms. The number of carboxylic acids is 1. The van der Waals surface area contributed by atoms with Crippen LogP contribution in [0, 0.1) is 3.57 Å². The zero-order chi connectivity index (χ0) is 20.5. The molecule has 0 fully saturated rings. The predicted molar refractivity (Wildman–Crippen MR) is 119 cm³/mol. The van der Waals surface area contributed by atoms with Gasteiger partial charge in [-0.15, -0.1) is 0 Å². The number of hydrogen-bond acceptors (Lipinski definition) is 4. The summed E-state index contributed by atoms with van der Waals surface area (Å²) in [6.45, 7) is 1.77. The van der Waals surface area contributed by atoms with Crippen molar-refractivity contribution >= 4 is 51.9 Å². The van der Waals surface area contributed by atoms with Gasteiger partial charge >= 0.3 is 5.97 Å². The molecule has 29 heavy (non-hydrogen) atoms. The Morgan fingerprint density at radius 2 is 1.90 bits per heavy atom. The highest BCUT2D eigenvalue weighted by Crippen LogP contribution is 2.28. The van der Waals surface area contributed by atoms with Crippen LogP contribution in [0.25, 0.3) is 17.4 Å². The Hall–Kier alpha value is -3.20. The van der Waals surface area contributed by atoms with Crippen LogP contribution in [-0.4, -0.2) is 22.7 Å². The van der Waals surface area contributed by atoms with E-state index in [2.05, 4.69) is 27.7 Å². The summed E-state index contributed by atoms with van der Waals surface area (Å²) in [4.78, 5) is 24.0. The van der Waals surface area contributed by atoms with E-state index in [9.17, 15) is 9.59 Å². The zero-order valence-electron chi connectivity index (χ0n) is 15.3. The Kier molecular flexibility index (Phi) is 5.06. The molecular weight excluding hydrogens is 483 g/mol. The number of rotatable bonds is 4. The number of hydrogen-bond donors (Lipinski definition) is 1. The summed E-state index contributed by atoms with van der Waals surface area (Å²) in [5, 5.41) is 14.9. The van der Waals surface area contributed by atoms with E-state index in [0.29, 0.717) is 34.1 Å². The first kappa shape index (κ1) is 19.1. The van der Waals surface area contributed by atoms with Gasteiger partial charge < -0.3 is 9.52 Å². The summed E-state index contributed by atoms with van der Waals surface area (Å²) in [6, 6.07) is 17.5. The lowest BCUT2D eigenvalue weighted by atomic mass is 10.1. The number of furan rings is 1. The van der Waals surface area contributed by atoms with Crippen LogP contribution in [0.5, 0.6) is 0 Å². The molecular formula is C22H15IN2O4. The summed E-state index contributed by atoms with van der Waals surface area (Å²) < 4.78 is 6.90. The van der Waals surface area contributed by atoms with Crippen LogP contribution in [0.15, 0.2) is 75.8 Å². The van der Waals surface area contributed by atoms with Crippen LogP contribution in [-0.2, 0) is 4.79 Å². The number of hydrazone groups is 1. The van der Waals surface area contributed by atoms with Gasteiger partial charge in [0.25, 0.3) is 5.91 Å². The van der Waals surface area contributed by atoms with Crippen molar-refractivity contribution < 1.29 is 19.1 Å². The lowest BCUT2D eigenvalue weighted by molar-refractivity contribution is -0.114. The van der Waals surface area contributed by atoms with Crippen LogP contribution >= 0.6 is 22.6 Å². The number of carbonyl (C=O) groups is 2. The highest BCUT2D eigenvalue weighted by atomic mass is 127. The zero-order valence-corrected chi connectivity index (χ0v) is 17.5. The Morgan fingerprint density at radius 3 is 2.62 bits per heavy atom. The number of halogens is 1. The topological polar surface area (TPSA) is 83.1 Å². The Labute approximate surface area is 180 Å². The van der Waals surface area contributed by atoms with Crippen molar-refractivity contribution in [3.63, 3.8) is 0 Å². The van der Waals surface area contributed by atoms with E-state index in [-0.39, 0.29) is 11.5 Å². The van der Waals surface area contributed by atoms with Crippen molar-refractivity contribution in [3.05, 3.63) is 81.1 Å². The van der Waals surface area contributed by atoms with Crippen molar-refractivity contribution in [2.24, 2.45) is 5.10 Å². The molecule has 0 aliphatic carbocycles. The molecule has 1 aliphatic rings. The lowest BCUT2D eigenvalue weighted by Gasteiger charge is -2.11. The summed E-state index contributed by atoms with van der Waals surface area (Å²) in [6.07, 6.45) is 1.65. The van der Waals surface area contributed by atoms with Crippen molar-refractivity contribution in [2.75, 3.05) is 5.01 Å². The van der Waals surface area contributed by atoms with Gasteiger partial charge in [0.05, 0.1) is 22.5 Å². The van der Waals surface area contributed by atoms with E-state index in [1.807, 2.05) is 24.3 Å². The maximum Gasteiger partial charge on any atom is 0.335 e. The van der Waals surface area contributed by atoms with Crippen LogP contribution < -0.4 is 5.01 Å². The highest BCUT2D eigenvalue weighted by molar-refractivity contribution is 14.1. The molecule has 0 bridgehead atoms. The molecule has 0 radical (unpaired) electrons. The molecule has 4 rings (SSSR count). The maximum absolute atomic E-state index is 12.8. The third-order valence-corrected chi connectivity index (χ3v) is 5.16. The Morgan fingerprint density at radius 1 is 1.14 bits per heavy atom. The first-order chi connectivity index (χ1) is 13.9. The number of anilines is 1. The molecule has 1 amide bonds. The van der Waals surface area contributed by atoms with Gasteiger partial charge in [0, 0.05) is 9.13 Å². The van der Waals surface area contributed by atoms with Crippen molar-refractivity contribution in [3.8, 4) is 11.3 Å². The minimum atomic E-state index is -1.00. The largest absolute Gasteiger partial charge is 0.478 e. The van der Waals surface area contributed by atoms with E-state index in [0.717, 1.165) is 3.57 Å². The summed E-state index contributed by atoms with van der Waals surface area (Å²) >= 11 is 2.21. The molecule has 0 unspecified atom stereocenters. The minimum absolute atomic E-state index is 0.181. The van der Waals surface area contributed by atoms with E-state index < -0.39 is 5.97 Å². The van der Waals surface area contributed by atoms with Gasteiger partial charge in [-0.3, -0.25) is 4.79 Å². The first-order valence-electron chi connectivity index (χ1n) is 8.73. The molecule has 144 valence electrons. The third-order valence-electron chi connectivity index (χ3n) is 4.44. The number of carbonyl (C=O) groups excluding carboxylic acids is 1. The van der Waals surface area contributed by atoms with Crippen LogP contribution in [0.4, 0.5) is 5.69 Å². The van der Waals surface area contributed by atoms with E-state index in [4.69, 9.17) is 9.52 Å². The smallest absolute Gasteiger partial charge is 0.335 e. The van der Waals surface area contributed by atoms with Crippen molar-refractivity contribution in [2.45, 2.75) is 6.92 Å². The highest BCUT2D eigenvalue weighted by Gasteiger charge is 2.29. The predicted octanol–water partition coefficient (Wildman–Crippen LogP) is 5.06. The summed E-state index contributed by atoms with van der Waals surface area (Å²) in [5.41, 5.74) is 2.58. The molecule has 0 atom stereocenters. The fraction of sp³-hybridized carbons (Fsp3) is 0.0455. The van der Waals surface area contributed by atoms with Gasteiger partial charge in [-0.2, -0.15) is 10.1 Å². The fourth-order valence-electron chi connectivity index (χ4n) is 2.97. The molecule has 2 heterocycles. The second-order valence-corrected chi connectivity index (χ2v) is 7.67. The van der Waals surface area contributed by atoms with Gasteiger partial charge in [0.1, 0.15) is 11.5 Å². The fourth-order valence-corrected chi connectivity index (χ4v) is 3.33. The molecule has 1 aliphatic heterocycles. The Balaban J connectivity index is 1.61. The lowest BCUT2D eigenvalue weighted by Crippen LogP contribution is -2.21. The van der Waals surface area contributed by atoms with E-state index in [1.54, 1.807) is 43.3 Å². The van der Waals surface area contributed by atoms with Crippen LogP contribution in [0.3, 0.4) is 0 Å². The molecule has 1 aromatic heterocycles. The van der Waals surface area contributed by atoms with Gasteiger partial charge in [-0.25, -0.2) is 4.79 Å². The van der Waals surface area contributed by atoms with Crippen molar-refractivity contribution in [1.82, 2.24) is 0 Å². The number of benzene rings is 2. The van der Waals surface area contributed by atoms with E-state index >= 15 is 0 Å². The number of amides is 1. The van der Waals surface area contributed by atoms with Crippen molar-refractivity contribution in [1.29, 1.82) is 0 Å². The molecule has 2 aromatic carbocycles. The summed E-state index contributed by atoms with van der Waals surface area (Å²) in [7, 11) is 0. The third kappa shape index (κ3) is 3.86. The average Bonchev–Trinajstić information content (AvgIpc) is 3.29. The van der Waals surface area contributed by atoms with Gasteiger partial charge in [-0.05, 0) is 84.1 Å². The Bertz CT molecular complexity index is 1180. The molecule has 3 aromatic rings. The molecule has 0 saturated heterocycles. The van der Waals surface area contributed by atoms with Crippen LogP contribution in [0.1, 0.15) is 23.0 Å². The second-order valence-electron chi connectivity index (χ2n) is 6.42. The normalized spacial score (nSPS) is 15.1. The quantitative estimate of drug-likeness (QED) is 0.403. The minimum Gasteiger partial charge on any atom is -0.478 e. The molecule has 6 nitrogen and oxygen atoms in total.